The number of pyridine rings is 1. The highest BCUT2D eigenvalue weighted by Gasteiger charge is 2.08. The molecule has 9 heteroatoms. The van der Waals surface area contributed by atoms with E-state index in [0.717, 1.165) is 30.3 Å². The lowest BCUT2D eigenvalue weighted by Gasteiger charge is -2.11. The zero-order valence-electron chi connectivity index (χ0n) is 14.4. The third-order valence-electron chi connectivity index (χ3n) is 3.65. The fraction of sp³-hybridized carbons (Fsp3) is 0.294. The van der Waals surface area contributed by atoms with Crippen molar-refractivity contribution in [3.63, 3.8) is 0 Å². The van der Waals surface area contributed by atoms with Gasteiger partial charge in [-0.15, -0.1) is 0 Å². The number of aromatic amines is 1. The number of nitrogens with zero attached hydrogens (tertiary/aromatic N) is 4. The van der Waals surface area contributed by atoms with E-state index in [4.69, 9.17) is 16.0 Å². The maximum atomic E-state index is 5.78. The predicted molar refractivity (Wildman–Crippen MR) is 100 cm³/mol. The monoisotopic (exact) mass is 373 g/mol. The molecule has 3 aromatic rings. The lowest BCUT2D eigenvalue weighted by atomic mass is 10.2. The van der Waals surface area contributed by atoms with Crippen LogP contribution in [0.15, 0.2) is 46.1 Å². The molecule has 0 spiro atoms. The summed E-state index contributed by atoms with van der Waals surface area (Å²) in [7, 11) is 1.74. The molecule has 0 aromatic carbocycles. The van der Waals surface area contributed by atoms with Gasteiger partial charge in [0.25, 0.3) is 0 Å². The number of rotatable bonds is 7. The average molecular weight is 374 g/mol. The number of H-pyrrole nitrogens is 1. The van der Waals surface area contributed by atoms with Gasteiger partial charge in [-0.25, -0.2) is 9.97 Å². The Morgan fingerprint density at radius 3 is 2.77 bits per heavy atom. The zero-order valence-corrected chi connectivity index (χ0v) is 15.1. The van der Waals surface area contributed by atoms with Crippen LogP contribution in [0.25, 0.3) is 11.6 Å². The Hall–Kier alpha value is -2.87. The Morgan fingerprint density at radius 1 is 1.23 bits per heavy atom. The van der Waals surface area contributed by atoms with Crippen molar-refractivity contribution in [3.8, 4) is 11.6 Å². The predicted octanol–water partition coefficient (Wildman–Crippen LogP) is 2.06. The number of nitrogens with one attached hydrogen (secondary N) is 3. The summed E-state index contributed by atoms with van der Waals surface area (Å²) in [5, 5.41) is 14.1. The van der Waals surface area contributed by atoms with Crippen LogP contribution in [0.3, 0.4) is 0 Å². The first-order valence-corrected chi connectivity index (χ1v) is 8.62. The second-order valence-corrected chi connectivity index (χ2v) is 5.89. The highest BCUT2D eigenvalue weighted by molar-refractivity contribution is 6.29. The maximum Gasteiger partial charge on any atom is 0.216 e. The van der Waals surface area contributed by atoms with Crippen molar-refractivity contribution in [1.82, 2.24) is 30.8 Å². The summed E-state index contributed by atoms with van der Waals surface area (Å²) in [6, 6.07) is 7.39. The average Bonchev–Trinajstić information content (AvgIpc) is 3.33. The lowest BCUT2D eigenvalue weighted by molar-refractivity contribution is 0.577. The Kier molecular flexibility index (Phi) is 6.21. The number of guanidine groups is 1. The Morgan fingerprint density at radius 2 is 2.08 bits per heavy atom. The quantitative estimate of drug-likeness (QED) is 0.333. The zero-order chi connectivity index (χ0) is 18.2. The molecule has 0 amide bonds. The standard InChI is InChI=1S/C17H20ClN7O/c1-19-17(20-8-6-12-4-5-14(18)22-11-12)21-9-7-15-23-16(25-24-15)13-3-2-10-26-13/h2-5,10-11H,6-9H2,1H3,(H2,19,20,21)(H,23,24,25). The summed E-state index contributed by atoms with van der Waals surface area (Å²) in [4.78, 5) is 12.7. The van der Waals surface area contributed by atoms with Crippen LogP contribution < -0.4 is 10.6 Å². The number of hydrogen-bond donors (Lipinski definition) is 3. The molecule has 0 unspecified atom stereocenters. The van der Waals surface area contributed by atoms with Crippen LogP contribution in [0.2, 0.25) is 5.15 Å². The lowest BCUT2D eigenvalue weighted by Crippen LogP contribution is -2.39. The van der Waals surface area contributed by atoms with Gasteiger partial charge in [0.05, 0.1) is 6.26 Å². The molecule has 0 aliphatic carbocycles. The molecule has 0 saturated carbocycles. The van der Waals surface area contributed by atoms with Crippen LogP contribution in [0.4, 0.5) is 0 Å². The molecule has 0 saturated heterocycles. The largest absolute Gasteiger partial charge is 0.461 e. The van der Waals surface area contributed by atoms with Gasteiger partial charge in [-0.1, -0.05) is 17.7 Å². The highest BCUT2D eigenvalue weighted by Crippen LogP contribution is 2.14. The van der Waals surface area contributed by atoms with Crippen LogP contribution in [-0.4, -0.2) is 46.3 Å². The van der Waals surface area contributed by atoms with E-state index in [-0.39, 0.29) is 0 Å². The molecule has 0 bridgehead atoms. The minimum Gasteiger partial charge on any atom is -0.461 e. The third kappa shape index (κ3) is 5.06. The molecule has 0 aliphatic heterocycles. The van der Waals surface area contributed by atoms with Crippen molar-refractivity contribution in [2.24, 2.45) is 4.99 Å². The van der Waals surface area contributed by atoms with Crippen molar-refractivity contribution in [2.75, 3.05) is 20.1 Å². The van der Waals surface area contributed by atoms with Gasteiger partial charge >= 0.3 is 0 Å². The van der Waals surface area contributed by atoms with Gasteiger partial charge in [-0.3, -0.25) is 10.1 Å². The normalized spacial score (nSPS) is 11.5. The Balaban J connectivity index is 1.39. The van der Waals surface area contributed by atoms with Crippen molar-refractivity contribution in [3.05, 3.63) is 53.3 Å². The van der Waals surface area contributed by atoms with Gasteiger partial charge in [0.1, 0.15) is 11.0 Å². The number of aliphatic imine (C=N–C) groups is 1. The summed E-state index contributed by atoms with van der Waals surface area (Å²) < 4.78 is 5.28. The first-order chi connectivity index (χ1) is 12.7. The molecule has 26 heavy (non-hydrogen) atoms. The topological polar surface area (TPSA) is 104 Å². The van der Waals surface area contributed by atoms with Crippen LogP contribution >= 0.6 is 11.6 Å². The number of aromatic nitrogens is 4. The van der Waals surface area contributed by atoms with E-state index in [0.29, 0.717) is 29.7 Å². The van der Waals surface area contributed by atoms with E-state index in [9.17, 15) is 0 Å². The fourth-order valence-electron chi connectivity index (χ4n) is 2.32. The van der Waals surface area contributed by atoms with Gasteiger partial charge in [-0.2, -0.15) is 5.10 Å². The molecule has 0 atom stereocenters. The summed E-state index contributed by atoms with van der Waals surface area (Å²) in [5.41, 5.74) is 1.12. The minimum absolute atomic E-state index is 0.502. The Labute approximate surface area is 156 Å². The number of hydrogen-bond acceptors (Lipinski definition) is 5. The molecule has 0 fully saturated rings. The number of furan rings is 1. The molecule has 136 valence electrons. The summed E-state index contributed by atoms with van der Waals surface area (Å²) >= 11 is 5.78. The van der Waals surface area contributed by atoms with Gasteiger partial charge < -0.3 is 15.1 Å². The van der Waals surface area contributed by atoms with E-state index in [1.807, 2.05) is 18.2 Å². The molecular formula is C17H20ClN7O. The molecule has 0 radical (unpaired) electrons. The SMILES string of the molecule is CN=C(NCCc1ccc(Cl)nc1)NCCc1nc(-c2ccco2)n[nH]1. The highest BCUT2D eigenvalue weighted by atomic mass is 35.5. The van der Waals surface area contributed by atoms with Crippen LogP contribution in [0, 0.1) is 0 Å². The molecule has 3 heterocycles. The Bertz CT molecular complexity index is 827. The second kappa shape index (κ2) is 9.00. The van der Waals surface area contributed by atoms with Crippen LogP contribution in [-0.2, 0) is 12.8 Å². The van der Waals surface area contributed by atoms with Crippen molar-refractivity contribution >= 4 is 17.6 Å². The summed E-state index contributed by atoms with van der Waals surface area (Å²) in [6.07, 6.45) is 4.90. The fourth-order valence-corrected chi connectivity index (χ4v) is 2.43. The van der Waals surface area contributed by atoms with Gasteiger partial charge in [0.2, 0.25) is 5.82 Å². The summed E-state index contributed by atoms with van der Waals surface area (Å²) in [5.74, 6) is 2.72. The molecule has 3 rings (SSSR count). The van der Waals surface area contributed by atoms with E-state index < -0.39 is 0 Å². The van der Waals surface area contributed by atoms with Gasteiger partial charge in [0, 0.05) is 32.8 Å². The van der Waals surface area contributed by atoms with Crippen molar-refractivity contribution in [1.29, 1.82) is 0 Å². The first-order valence-electron chi connectivity index (χ1n) is 8.24. The minimum atomic E-state index is 0.502. The molecular weight excluding hydrogens is 354 g/mol. The van der Waals surface area contributed by atoms with E-state index in [1.165, 1.54) is 0 Å². The maximum absolute atomic E-state index is 5.78. The molecule has 3 aromatic heterocycles. The van der Waals surface area contributed by atoms with Crippen molar-refractivity contribution in [2.45, 2.75) is 12.8 Å². The summed E-state index contributed by atoms with van der Waals surface area (Å²) in [6.45, 7) is 1.42. The molecule has 0 aliphatic rings. The van der Waals surface area contributed by atoms with Gasteiger partial charge in [0.15, 0.2) is 11.7 Å². The van der Waals surface area contributed by atoms with Crippen molar-refractivity contribution < 1.29 is 4.42 Å². The smallest absolute Gasteiger partial charge is 0.216 e. The first kappa shape index (κ1) is 17.9. The van der Waals surface area contributed by atoms with E-state index >= 15 is 0 Å². The second-order valence-electron chi connectivity index (χ2n) is 5.50. The van der Waals surface area contributed by atoms with Crippen LogP contribution in [0.5, 0.6) is 0 Å². The van der Waals surface area contributed by atoms with E-state index in [2.05, 4.69) is 35.8 Å². The van der Waals surface area contributed by atoms with Crippen LogP contribution in [0.1, 0.15) is 11.4 Å². The number of halogens is 1. The van der Waals surface area contributed by atoms with E-state index in [1.54, 1.807) is 25.6 Å². The molecule has 8 nitrogen and oxygen atoms in total. The molecule has 3 N–H and O–H groups in total. The van der Waals surface area contributed by atoms with Gasteiger partial charge in [-0.05, 0) is 30.2 Å². The third-order valence-corrected chi connectivity index (χ3v) is 3.87.